The molecule has 1 N–H and O–H groups in total. The number of benzene rings is 1. The van der Waals surface area contributed by atoms with Crippen LogP contribution in [0.2, 0.25) is 0 Å². The van der Waals surface area contributed by atoms with Crippen molar-refractivity contribution in [2.24, 2.45) is 5.92 Å². The Hall–Kier alpha value is -2.83. The Labute approximate surface area is 171 Å². The smallest absolute Gasteiger partial charge is 0.319 e. The Morgan fingerprint density at radius 1 is 1.03 bits per heavy atom. The van der Waals surface area contributed by atoms with E-state index in [2.05, 4.69) is 22.5 Å². The molecule has 2 saturated heterocycles. The lowest BCUT2D eigenvalue weighted by Gasteiger charge is -2.34. The van der Waals surface area contributed by atoms with Crippen molar-refractivity contribution in [1.29, 1.82) is 0 Å². The number of hydrogen-bond donors (Lipinski definition) is 1. The Bertz CT molecular complexity index is 849. The van der Waals surface area contributed by atoms with Crippen LogP contribution < -0.4 is 5.32 Å². The van der Waals surface area contributed by atoms with Crippen LogP contribution in [0, 0.1) is 12.8 Å². The average molecular weight is 396 g/mol. The first-order chi connectivity index (χ1) is 14.1. The Kier molecular flexibility index (Phi) is 5.83. The monoisotopic (exact) mass is 395 g/mol. The second-order valence-electron chi connectivity index (χ2n) is 8.04. The SMILES string of the molecule is Cc1cc(NC(=O)C2CCN(C(=O)N3CCCC3)CC2)n(Cc2ccccc2)n1. The van der Waals surface area contributed by atoms with Gasteiger partial charge in [-0.1, -0.05) is 30.3 Å². The van der Waals surface area contributed by atoms with Crippen LogP contribution in [-0.4, -0.2) is 57.7 Å². The zero-order valence-corrected chi connectivity index (χ0v) is 17.0. The minimum atomic E-state index is -0.0713. The molecule has 7 nitrogen and oxygen atoms in total. The first-order valence-corrected chi connectivity index (χ1v) is 10.5. The predicted molar refractivity (Wildman–Crippen MR) is 112 cm³/mol. The minimum Gasteiger partial charge on any atom is -0.325 e. The van der Waals surface area contributed by atoms with Crippen molar-refractivity contribution in [3.8, 4) is 0 Å². The van der Waals surface area contributed by atoms with E-state index in [0.717, 1.165) is 43.0 Å². The van der Waals surface area contributed by atoms with Crippen molar-refractivity contribution in [3.05, 3.63) is 47.7 Å². The van der Waals surface area contributed by atoms with Crippen molar-refractivity contribution in [2.75, 3.05) is 31.5 Å². The molecule has 7 heteroatoms. The highest BCUT2D eigenvalue weighted by Gasteiger charge is 2.30. The summed E-state index contributed by atoms with van der Waals surface area (Å²) in [4.78, 5) is 29.2. The molecule has 154 valence electrons. The number of anilines is 1. The van der Waals surface area contributed by atoms with Gasteiger partial charge in [-0.3, -0.25) is 4.79 Å². The zero-order chi connectivity index (χ0) is 20.2. The highest BCUT2D eigenvalue weighted by Crippen LogP contribution is 2.22. The number of amides is 3. The van der Waals surface area contributed by atoms with Crippen molar-refractivity contribution < 1.29 is 9.59 Å². The molecule has 1 aromatic heterocycles. The fourth-order valence-corrected chi connectivity index (χ4v) is 4.19. The summed E-state index contributed by atoms with van der Waals surface area (Å²) in [6, 6.07) is 12.1. The standard InChI is InChI=1S/C22H29N5O2/c1-17-15-20(27(24-17)16-18-7-3-2-4-8-18)23-21(28)19-9-13-26(14-10-19)22(29)25-11-5-6-12-25/h2-4,7-8,15,19H,5-6,9-14,16H2,1H3,(H,23,28). The van der Waals surface area contributed by atoms with Gasteiger partial charge < -0.3 is 15.1 Å². The van der Waals surface area contributed by atoms with Gasteiger partial charge in [0.05, 0.1) is 12.2 Å². The molecule has 29 heavy (non-hydrogen) atoms. The molecule has 2 aromatic rings. The number of nitrogens with zero attached hydrogens (tertiary/aromatic N) is 4. The van der Waals surface area contributed by atoms with Gasteiger partial charge in [0.15, 0.2) is 0 Å². The molecule has 2 aliphatic heterocycles. The first-order valence-electron chi connectivity index (χ1n) is 10.5. The molecular weight excluding hydrogens is 366 g/mol. The summed E-state index contributed by atoms with van der Waals surface area (Å²) < 4.78 is 1.84. The number of carbonyl (C=O) groups is 2. The number of carbonyl (C=O) groups excluding carboxylic acids is 2. The van der Waals surface area contributed by atoms with Gasteiger partial charge in [-0.2, -0.15) is 5.10 Å². The molecule has 3 heterocycles. The summed E-state index contributed by atoms with van der Waals surface area (Å²) in [6.07, 6.45) is 3.61. The third-order valence-electron chi connectivity index (χ3n) is 5.84. The van der Waals surface area contributed by atoms with Gasteiger partial charge in [0.2, 0.25) is 5.91 Å². The number of aryl methyl sites for hydroxylation is 1. The molecule has 0 radical (unpaired) electrons. The number of urea groups is 1. The molecule has 0 bridgehead atoms. The highest BCUT2D eigenvalue weighted by atomic mass is 16.2. The lowest BCUT2D eigenvalue weighted by molar-refractivity contribution is -0.121. The predicted octanol–water partition coefficient (Wildman–Crippen LogP) is 3.11. The lowest BCUT2D eigenvalue weighted by atomic mass is 9.96. The zero-order valence-electron chi connectivity index (χ0n) is 17.0. The molecule has 0 atom stereocenters. The Morgan fingerprint density at radius 3 is 2.38 bits per heavy atom. The van der Waals surface area contributed by atoms with Gasteiger partial charge in [0.25, 0.3) is 0 Å². The maximum absolute atomic E-state index is 12.8. The number of hydrogen-bond acceptors (Lipinski definition) is 3. The average Bonchev–Trinajstić information content (AvgIpc) is 3.38. The number of nitrogens with one attached hydrogen (secondary N) is 1. The van der Waals surface area contributed by atoms with E-state index in [-0.39, 0.29) is 17.9 Å². The van der Waals surface area contributed by atoms with E-state index in [9.17, 15) is 9.59 Å². The largest absolute Gasteiger partial charge is 0.325 e. The van der Waals surface area contributed by atoms with Gasteiger partial charge in [-0.25, -0.2) is 9.48 Å². The van der Waals surface area contributed by atoms with Crippen molar-refractivity contribution in [1.82, 2.24) is 19.6 Å². The summed E-state index contributed by atoms with van der Waals surface area (Å²) >= 11 is 0. The molecule has 4 rings (SSSR count). The molecule has 0 saturated carbocycles. The van der Waals surface area contributed by atoms with Crippen LogP contribution in [0.1, 0.15) is 36.9 Å². The third kappa shape index (κ3) is 4.60. The maximum Gasteiger partial charge on any atom is 0.319 e. The van der Waals surface area contributed by atoms with Crippen molar-refractivity contribution in [2.45, 2.75) is 39.2 Å². The van der Waals surface area contributed by atoms with Gasteiger partial charge >= 0.3 is 6.03 Å². The Balaban J connectivity index is 1.34. The van der Waals surface area contributed by atoms with Crippen molar-refractivity contribution in [3.63, 3.8) is 0 Å². The van der Waals surface area contributed by atoms with Crippen LogP contribution in [0.5, 0.6) is 0 Å². The lowest BCUT2D eigenvalue weighted by Crippen LogP contribution is -2.47. The van der Waals surface area contributed by atoms with Crippen LogP contribution >= 0.6 is 0 Å². The summed E-state index contributed by atoms with van der Waals surface area (Å²) in [5.74, 6) is 0.678. The van der Waals surface area contributed by atoms with Gasteiger partial charge in [0.1, 0.15) is 5.82 Å². The number of likely N-dealkylation sites (tertiary alicyclic amines) is 2. The molecule has 2 fully saturated rings. The number of rotatable bonds is 4. The van der Waals surface area contributed by atoms with E-state index >= 15 is 0 Å². The van der Waals surface area contributed by atoms with E-state index in [1.54, 1.807) is 0 Å². The maximum atomic E-state index is 12.8. The molecule has 1 aromatic carbocycles. The summed E-state index contributed by atoms with van der Waals surface area (Å²) in [5.41, 5.74) is 2.02. The van der Waals surface area contributed by atoms with Crippen LogP contribution in [0.4, 0.5) is 10.6 Å². The fraction of sp³-hybridized carbons (Fsp3) is 0.500. The van der Waals surface area contributed by atoms with E-state index in [4.69, 9.17) is 0 Å². The number of piperidine rings is 1. The van der Waals surface area contributed by atoms with Gasteiger partial charge in [-0.05, 0) is 38.2 Å². The fourth-order valence-electron chi connectivity index (χ4n) is 4.19. The van der Waals surface area contributed by atoms with E-state index in [1.807, 2.05) is 45.7 Å². The van der Waals surface area contributed by atoms with Crippen molar-refractivity contribution >= 4 is 17.8 Å². The minimum absolute atomic E-state index is 0.0208. The Morgan fingerprint density at radius 2 is 1.69 bits per heavy atom. The third-order valence-corrected chi connectivity index (χ3v) is 5.84. The van der Waals surface area contributed by atoms with Crippen LogP contribution in [0.3, 0.4) is 0 Å². The second kappa shape index (κ2) is 8.68. The quantitative estimate of drug-likeness (QED) is 0.865. The van der Waals surface area contributed by atoms with E-state index in [0.29, 0.717) is 32.5 Å². The summed E-state index contributed by atoms with van der Waals surface area (Å²) in [5, 5.41) is 7.60. The molecule has 2 aliphatic rings. The molecular formula is C22H29N5O2. The molecule has 0 spiro atoms. The summed E-state index contributed by atoms with van der Waals surface area (Å²) in [7, 11) is 0. The second-order valence-corrected chi connectivity index (χ2v) is 8.04. The van der Waals surface area contributed by atoms with E-state index in [1.165, 1.54) is 0 Å². The molecule has 0 unspecified atom stereocenters. The normalized spacial score (nSPS) is 17.6. The first kappa shape index (κ1) is 19.5. The number of aromatic nitrogens is 2. The summed E-state index contributed by atoms with van der Waals surface area (Å²) in [6.45, 7) is 5.58. The van der Waals surface area contributed by atoms with Crippen LogP contribution in [-0.2, 0) is 11.3 Å². The van der Waals surface area contributed by atoms with Gasteiger partial charge in [0, 0.05) is 38.2 Å². The van der Waals surface area contributed by atoms with Crippen LogP contribution in [0.25, 0.3) is 0 Å². The van der Waals surface area contributed by atoms with Crippen LogP contribution in [0.15, 0.2) is 36.4 Å². The van der Waals surface area contributed by atoms with Gasteiger partial charge in [-0.15, -0.1) is 0 Å². The highest BCUT2D eigenvalue weighted by molar-refractivity contribution is 5.92. The molecule has 3 amide bonds. The topological polar surface area (TPSA) is 70.5 Å². The molecule has 0 aliphatic carbocycles. The van der Waals surface area contributed by atoms with E-state index < -0.39 is 0 Å².